The van der Waals surface area contributed by atoms with Crippen molar-refractivity contribution >= 4 is 12.0 Å². The fourth-order valence-electron chi connectivity index (χ4n) is 1.87. The second-order valence-corrected chi connectivity index (χ2v) is 4.82. The van der Waals surface area contributed by atoms with Crippen LogP contribution in [0.4, 0.5) is 19.5 Å². The van der Waals surface area contributed by atoms with Crippen molar-refractivity contribution in [2.45, 2.75) is 6.10 Å². The molecule has 128 valence electrons. The Bertz CT molecular complexity index is 672. The topological polar surface area (TPSA) is 99.2 Å². The van der Waals surface area contributed by atoms with E-state index < -0.39 is 23.8 Å². The fraction of sp³-hybridized carbons (Fsp3) is 0.267. The average Bonchev–Trinajstić information content (AvgIpc) is 2.57. The van der Waals surface area contributed by atoms with Gasteiger partial charge in [0.05, 0.1) is 6.10 Å². The Balaban J connectivity index is 1.67. The first-order valence-corrected chi connectivity index (χ1v) is 7.22. The first-order chi connectivity index (χ1) is 11.6. The van der Waals surface area contributed by atoms with Gasteiger partial charge in [-0.15, -0.1) is 0 Å². The van der Waals surface area contributed by atoms with Crippen LogP contribution < -0.4 is 16.0 Å². The molecule has 24 heavy (non-hydrogen) atoms. The number of aliphatic hydroxyl groups excluding tert-OH is 1. The van der Waals surface area contributed by atoms with E-state index in [0.29, 0.717) is 25.1 Å². The van der Waals surface area contributed by atoms with Gasteiger partial charge in [-0.2, -0.15) is 0 Å². The fourth-order valence-corrected chi connectivity index (χ4v) is 1.87. The number of amides is 2. The summed E-state index contributed by atoms with van der Waals surface area (Å²) in [7, 11) is 0. The van der Waals surface area contributed by atoms with Crippen molar-refractivity contribution in [2.24, 2.45) is 0 Å². The summed E-state index contributed by atoms with van der Waals surface area (Å²) in [6.45, 7) is 0.501. The molecule has 1 aromatic heterocycles. The van der Waals surface area contributed by atoms with Gasteiger partial charge >= 0.3 is 6.03 Å². The Morgan fingerprint density at radius 3 is 2.62 bits per heavy atom. The normalized spacial score (nSPS) is 11.6. The van der Waals surface area contributed by atoms with Gasteiger partial charge < -0.3 is 21.1 Å². The number of halogens is 2. The van der Waals surface area contributed by atoms with Crippen molar-refractivity contribution in [3.63, 3.8) is 0 Å². The Hall–Kier alpha value is -2.81. The number of urea groups is 1. The van der Waals surface area contributed by atoms with Crippen LogP contribution in [0.1, 0.15) is 11.7 Å². The lowest BCUT2D eigenvalue weighted by molar-refractivity contribution is 0.169. The number of aromatic nitrogens is 2. The predicted octanol–water partition coefficient (Wildman–Crippen LogP) is 1.20. The molecular formula is C15H17F2N5O2. The molecule has 0 fully saturated rings. The molecule has 0 saturated carbocycles. The molecule has 2 aromatic rings. The molecule has 1 heterocycles. The number of hydrogen-bond donors (Lipinski definition) is 4. The highest BCUT2D eigenvalue weighted by molar-refractivity contribution is 5.73. The minimum atomic E-state index is -1.27. The highest BCUT2D eigenvalue weighted by Crippen LogP contribution is 2.17. The molecule has 0 bridgehead atoms. The van der Waals surface area contributed by atoms with Crippen LogP contribution in [-0.4, -0.2) is 40.7 Å². The van der Waals surface area contributed by atoms with Crippen molar-refractivity contribution in [3.8, 4) is 0 Å². The number of rotatable bonds is 7. The van der Waals surface area contributed by atoms with E-state index in [-0.39, 0.29) is 12.1 Å². The van der Waals surface area contributed by atoms with Crippen LogP contribution in [0.3, 0.4) is 0 Å². The lowest BCUT2D eigenvalue weighted by Crippen LogP contribution is -2.40. The highest BCUT2D eigenvalue weighted by atomic mass is 19.1. The van der Waals surface area contributed by atoms with E-state index in [4.69, 9.17) is 0 Å². The number of anilines is 1. The van der Waals surface area contributed by atoms with Crippen LogP contribution >= 0.6 is 0 Å². The average molecular weight is 337 g/mol. The van der Waals surface area contributed by atoms with Gasteiger partial charge in [0, 0.05) is 43.7 Å². The van der Waals surface area contributed by atoms with Gasteiger partial charge in [-0.3, -0.25) is 0 Å². The Morgan fingerprint density at radius 2 is 1.92 bits per heavy atom. The van der Waals surface area contributed by atoms with Crippen LogP contribution in [-0.2, 0) is 0 Å². The second-order valence-electron chi connectivity index (χ2n) is 4.82. The number of carbonyl (C=O) groups excluding carboxylic acids is 1. The molecule has 7 nitrogen and oxygen atoms in total. The van der Waals surface area contributed by atoms with E-state index >= 15 is 0 Å². The molecule has 0 radical (unpaired) electrons. The van der Waals surface area contributed by atoms with Crippen molar-refractivity contribution in [1.29, 1.82) is 0 Å². The molecule has 4 N–H and O–H groups in total. The van der Waals surface area contributed by atoms with Crippen molar-refractivity contribution in [3.05, 3.63) is 53.9 Å². The van der Waals surface area contributed by atoms with E-state index in [0.717, 1.165) is 12.1 Å². The first-order valence-electron chi connectivity index (χ1n) is 7.22. The Morgan fingerprint density at radius 1 is 1.17 bits per heavy atom. The second kappa shape index (κ2) is 8.73. The van der Waals surface area contributed by atoms with Gasteiger partial charge in [-0.25, -0.2) is 23.5 Å². The zero-order valence-electron chi connectivity index (χ0n) is 12.7. The van der Waals surface area contributed by atoms with Crippen LogP contribution in [0.2, 0.25) is 0 Å². The van der Waals surface area contributed by atoms with Crippen LogP contribution in [0.5, 0.6) is 0 Å². The number of nitrogens with one attached hydrogen (secondary N) is 3. The van der Waals surface area contributed by atoms with E-state index in [1.807, 2.05) is 0 Å². The smallest absolute Gasteiger partial charge is 0.314 e. The van der Waals surface area contributed by atoms with Crippen LogP contribution in [0.15, 0.2) is 36.7 Å². The van der Waals surface area contributed by atoms with Crippen LogP contribution in [0.25, 0.3) is 0 Å². The zero-order chi connectivity index (χ0) is 17.4. The molecule has 0 aliphatic rings. The van der Waals surface area contributed by atoms with Gasteiger partial charge in [0.2, 0.25) is 5.95 Å². The summed E-state index contributed by atoms with van der Waals surface area (Å²) in [4.78, 5) is 19.5. The third-order valence-corrected chi connectivity index (χ3v) is 3.04. The maximum absolute atomic E-state index is 13.5. The summed E-state index contributed by atoms with van der Waals surface area (Å²) in [5.74, 6) is -1.15. The van der Waals surface area contributed by atoms with Gasteiger partial charge in [0.15, 0.2) is 0 Å². The van der Waals surface area contributed by atoms with E-state index in [9.17, 15) is 18.7 Å². The SMILES string of the molecule is O=C(NCCNc1ncccn1)NCC(O)c1ccc(F)cc1F. The minimum absolute atomic E-state index is 0.0837. The lowest BCUT2D eigenvalue weighted by Gasteiger charge is -2.14. The summed E-state index contributed by atoms with van der Waals surface area (Å²) < 4.78 is 26.3. The van der Waals surface area contributed by atoms with E-state index in [1.54, 1.807) is 18.5 Å². The lowest BCUT2D eigenvalue weighted by atomic mass is 10.1. The van der Waals surface area contributed by atoms with E-state index in [2.05, 4.69) is 25.9 Å². The zero-order valence-corrected chi connectivity index (χ0v) is 12.7. The molecule has 9 heteroatoms. The summed E-state index contributed by atoms with van der Waals surface area (Å²) in [5.41, 5.74) is -0.0837. The number of nitrogens with zero attached hydrogens (tertiary/aromatic N) is 2. The number of aliphatic hydroxyl groups is 1. The highest BCUT2D eigenvalue weighted by Gasteiger charge is 2.14. The maximum atomic E-state index is 13.5. The molecule has 2 amide bonds. The Labute approximate surface area is 137 Å². The van der Waals surface area contributed by atoms with Gasteiger partial charge in [0.25, 0.3) is 0 Å². The van der Waals surface area contributed by atoms with Crippen LogP contribution in [0, 0.1) is 11.6 Å². The molecule has 0 aliphatic heterocycles. The summed E-state index contributed by atoms with van der Waals surface area (Å²) in [5, 5.41) is 17.7. The monoisotopic (exact) mass is 337 g/mol. The molecule has 1 unspecified atom stereocenters. The van der Waals surface area contributed by atoms with Gasteiger partial charge in [0.1, 0.15) is 11.6 Å². The maximum Gasteiger partial charge on any atom is 0.314 e. The third kappa shape index (κ3) is 5.43. The van der Waals surface area contributed by atoms with Gasteiger partial charge in [-0.05, 0) is 12.1 Å². The van der Waals surface area contributed by atoms with Crippen molar-refractivity contribution < 1.29 is 18.7 Å². The molecule has 1 aromatic carbocycles. The van der Waals surface area contributed by atoms with Crippen molar-refractivity contribution in [2.75, 3.05) is 25.0 Å². The van der Waals surface area contributed by atoms with Gasteiger partial charge in [-0.1, -0.05) is 6.07 Å². The molecule has 0 aliphatic carbocycles. The molecule has 0 saturated heterocycles. The largest absolute Gasteiger partial charge is 0.386 e. The third-order valence-electron chi connectivity index (χ3n) is 3.04. The summed E-state index contributed by atoms with van der Waals surface area (Å²) in [6.07, 6.45) is 1.91. The van der Waals surface area contributed by atoms with Crippen molar-refractivity contribution in [1.82, 2.24) is 20.6 Å². The number of hydrogen-bond acceptors (Lipinski definition) is 5. The first kappa shape index (κ1) is 17.5. The predicted molar refractivity (Wildman–Crippen MR) is 83.2 cm³/mol. The Kier molecular flexibility index (Phi) is 6.38. The number of benzene rings is 1. The molecule has 2 rings (SSSR count). The quantitative estimate of drug-likeness (QED) is 0.569. The molecular weight excluding hydrogens is 320 g/mol. The standard InChI is InChI=1S/C15H17F2N5O2/c16-10-2-3-11(12(17)8-10)13(23)9-22-15(24)21-7-6-20-14-18-4-1-5-19-14/h1-5,8,13,23H,6-7,9H2,(H,18,19,20)(H2,21,22,24). The summed E-state index contributed by atoms with van der Waals surface area (Å²) in [6, 6.07) is 4.02. The summed E-state index contributed by atoms with van der Waals surface area (Å²) >= 11 is 0. The molecule has 0 spiro atoms. The minimum Gasteiger partial charge on any atom is -0.386 e. The molecule has 1 atom stereocenters. The number of carbonyl (C=O) groups is 1. The van der Waals surface area contributed by atoms with E-state index in [1.165, 1.54) is 0 Å².